The number of carbonyl (C=O) groups excluding carboxylic acids is 2. The van der Waals surface area contributed by atoms with Gasteiger partial charge in [-0.3, -0.25) is 14.5 Å². The van der Waals surface area contributed by atoms with Gasteiger partial charge in [-0.1, -0.05) is 68.5 Å². The zero-order chi connectivity index (χ0) is 28.5. The number of hydrogen-bond acceptors (Lipinski definition) is 6. The van der Waals surface area contributed by atoms with Gasteiger partial charge in [0.25, 0.3) is 5.78 Å². The van der Waals surface area contributed by atoms with Gasteiger partial charge >= 0.3 is 5.91 Å². The Bertz CT molecular complexity index is 1870. The molecule has 1 N–H and O–H groups in total. The van der Waals surface area contributed by atoms with Crippen molar-refractivity contribution in [3.63, 3.8) is 0 Å². The van der Waals surface area contributed by atoms with E-state index >= 15 is 0 Å². The van der Waals surface area contributed by atoms with Gasteiger partial charge in [-0.05, 0) is 66.6 Å². The molecule has 1 amide bonds. The highest BCUT2D eigenvalue weighted by Crippen LogP contribution is 2.45. The van der Waals surface area contributed by atoms with Crippen molar-refractivity contribution < 1.29 is 14.7 Å². The molecular formula is C32H30N4O3S. The van der Waals surface area contributed by atoms with Gasteiger partial charge in [0.1, 0.15) is 11.3 Å². The molecule has 1 atom stereocenters. The van der Waals surface area contributed by atoms with Crippen LogP contribution in [-0.4, -0.2) is 31.2 Å². The fourth-order valence-corrected chi connectivity index (χ4v) is 6.40. The van der Waals surface area contributed by atoms with Gasteiger partial charge < -0.3 is 9.51 Å². The molecule has 1 saturated heterocycles. The van der Waals surface area contributed by atoms with E-state index in [9.17, 15) is 14.7 Å². The molecule has 1 fully saturated rings. The molecule has 202 valence electrons. The van der Waals surface area contributed by atoms with Crippen LogP contribution in [0.15, 0.2) is 66.4 Å². The number of aromatic nitrogens is 3. The summed E-state index contributed by atoms with van der Waals surface area (Å²) in [5.41, 5.74) is 6.18. The quantitative estimate of drug-likeness (QED) is 0.152. The average Bonchev–Trinajstić information content (AvgIpc) is 3.56. The molecule has 0 spiro atoms. The first kappa shape index (κ1) is 26.0. The largest absolute Gasteiger partial charge is 0.505 e. The summed E-state index contributed by atoms with van der Waals surface area (Å²) in [5, 5.41) is 12.1. The highest BCUT2D eigenvalue weighted by molar-refractivity contribution is 7.22. The van der Waals surface area contributed by atoms with Crippen molar-refractivity contribution >= 4 is 49.8 Å². The number of aryl methyl sites for hydroxylation is 3. The Labute approximate surface area is 236 Å². The number of nitrogens with zero attached hydrogens (tertiary/aromatic N) is 4. The first-order valence-corrected chi connectivity index (χ1v) is 14.0. The molecule has 1 unspecified atom stereocenters. The van der Waals surface area contributed by atoms with E-state index in [1.165, 1.54) is 16.2 Å². The lowest BCUT2D eigenvalue weighted by Crippen LogP contribution is -2.29. The number of thiazole rings is 1. The van der Waals surface area contributed by atoms with Crippen LogP contribution in [0.25, 0.3) is 21.6 Å². The Balaban J connectivity index is 1.59. The average molecular weight is 551 g/mol. The molecule has 4 heterocycles. The van der Waals surface area contributed by atoms with Crippen molar-refractivity contribution in [2.24, 2.45) is 0 Å². The maximum absolute atomic E-state index is 13.7. The first-order valence-electron chi connectivity index (χ1n) is 13.2. The number of ketones is 1. The van der Waals surface area contributed by atoms with E-state index in [0.717, 1.165) is 26.9 Å². The topological polar surface area (TPSA) is 87.8 Å². The number of benzene rings is 2. The number of fused-ring (bicyclic) bond motifs is 2. The predicted octanol–water partition coefficient (Wildman–Crippen LogP) is 6.79. The standard InChI is InChI=1S/C32H30N4O3S/c1-17-9-14-22-23(16-17)40-31(33-22)36-26(20-10-12-21(13-11-20)32(4,5)6)24(28(38)30(36)39)27(37)25-19(3)35-15-7-8-18(2)29(35)34-25/h7-16,26,37H,1-6H3/b27-24+. The zero-order valence-electron chi connectivity index (χ0n) is 23.3. The van der Waals surface area contributed by atoms with Gasteiger partial charge in [0.05, 0.1) is 27.5 Å². The van der Waals surface area contributed by atoms with Gasteiger partial charge in [-0.25, -0.2) is 9.97 Å². The summed E-state index contributed by atoms with van der Waals surface area (Å²) in [4.78, 5) is 38.2. The highest BCUT2D eigenvalue weighted by atomic mass is 32.1. The molecule has 40 heavy (non-hydrogen) atoms. The van der Waals surface area contributed by atoms with Crippen LogP contribution < -0.4 is 4.90 Å². The van der Waals surface area contributed by atoms with E-state index in [1.54, 1.807) is 0 Å². The van der Waals surface area contributed by atoms with Crippen molar-refractivity contribution in [3.8, 4) is 0 Å². The van der Waals surface area contributed by atoms with Crippen LogP contribution in [0, 0.1) is 20.8 Å². The van der Waals surface area contributed by atoms with Crippen molar-refractivity contribution in [1.82, 2.24) is 14.4 Å². The summed E-state index contributed by atoms with van der Waals surface area (Å²) in [5.74, 6) is -1.77. The normalized spacial score (nSPS) is 17.4. The van der Waals surface area contributed by atoms with Gasteiger partial charge in [0.2, 0.25) is 0 Å². The van der Waals surface area contributed by atoms with Crippen LogP contribution in [0.4, 0.5) is 5.13 Å². The van der Waals surface area contributed by atoms with Crippen LogP contribution >= 0.6 is 11.3 Å². The van der Waals surface area contributed by atoms with E-state index in [-0.39, 0.29) is 22.4 Å². The fourth-order valence-electron chi connectivity index (χ4n) is 5.31. The summed E-state index contributed by atoms with van der Waals surface area (Å²) in [6.45, 7) is 12.2. The summed E-state index contributed by atoms with van der Waals surface area (Å²) in [7, 11) is 0. The van der Waals surface area contributed by atoms with Crippen molar-refractivity contribution in [2.45, 2.75) is 53.0 Å². The maximum atomic E-state index is 13.7. The zero-order valence-corrected chi connectivity index (χ0v) is 24.1. The molecular weight excluding hydrogens is 520 g/mol. The number of hydrogen-bond donors (Lipinski definition) is 1. The van der Waals surface area contributed by atoms with E-state index in [4.69, 9.17) is 9.97 Å². The number of aliphatic hydroxyl groups is 1. The minimum atomic E-state index is -0.860. The molecule has 3 aromatic heterocycles. The van der Waals surface area contributed by atoms with Gasteiger partial charge in [-0.2, -0.15) is 0 Å². The van der Waals surface area contributed by atoms with Crippen LogP contribution in [0.3, 0.4) is 0 Å². The Kier molecular flexibility index (Phi) is 5.92. The lowest BCUT2D eigenvalue weighted by Gasteiger charge is -2.24. The third kappa shape index (κ3) is 4.02. The first-order chi connectivity index (χ1) is 19.0. The number of amides is 1. The smallest absolute Gasteiger partial charge is 0.301 e. The molecule has 1 aliphatic heterocycles. The molecule has 0 radical (unpaired) electrons. The Morgan fingerprint density at radius 3 is 2.38 bits per heavy atom. The lowest BCUT2D eigenvalue weighted by molar-refractivity contribution is -0.132. The Morgan fingerprint density at radius 2 is 1.70 bits per heavy atom. The van der Waals surface area contributed by atoms with E-state index in [0.29, 0.717) is 22.0 Å². The third-order valence-corrected chi connectivity index (χ3v) is 8.60. The third-order valence-electron chi connectivity index (χ3n) is 7.58. The molecule has 0 aliphatic carbocycles. The summed E-state index contributed by atoms with van der Waals surface area (Å²) in [6, 6.07) is 16.8. The van der Waals surface area contributed by atoms with E-state index in [1.807, 2.05) is 86.0 Å². The summed E-state index contributed by atoms with van der Waals surface area (Å²) in [6.07, 6.45) is 1.87. The minimum absolute atomic E-state index is 0.00750. The second-order valence-corrected chi connectivity index (χ2v) is 12.4. The molecule has 5 aromatic rings. The van der Waals surface area contributed by atoms with Crippen LogP contribution in [0.1, 0.15) is 60.5 Å². The number of anilines is 1. The van der Waals surface area contributed by atoms with Crippen molar-refractivity contribution in [3.05, 3.63) is 100 Å². The van der Waals surface area contributed by atoms with Crippen LogP contribution in [-0.2, 0) is 15.0 Å². The number of imidazole rings is 1. The molecule has 7 nitrogen and oxygen atoms in total. The van der Waals surface area contributed by atoms with Gasteiger partial charge in [-0.15, -0.1) is 0 Å². The van der Waals surface area contributed by atoms with Gasteiger partial charge in [0.15, 0.2) is 10.9 Å². The number of aliphatic hydroxyl groups excluding tert-OH is 1. The summed E-state index contributed by atoms with van der Waals surface area (Å²) >= 11 is 1.36. The molecule has 8 heteroatoms. The second-order valence-electron chi connectivity index (χ2n) is 11.4. The lowest BCUT2D eigenvalue weighted by atomic mass is 9.85. The fraction of sp³-hybridized carbons (Fsp3) is 0.250. The summed E-state index contributed by atoms with van der Waals surface area (Å²) < 4.78 is 2.80. The highest BCUT2D eigenvalue weighted by Gasteiger charge is 2.48. The molecule has 0 saturated carbocycles. The monoisotopic (exact) mass is 550 g/mol. The van der Waals surface area contributed by atoms with Crippen molar-refractivity contribution in [2.75, 3.05) is 4.90 Å². The SMILES string of the molecule is Cc1ccc2nc(N3C(=O)C(=O)/C(=C(/O)c4nc5c(C)cccn5c4C)C3c3ccc(C(C)(C)C)cc3)sc2c1. The molecule has 1 aliphatic rings. The van der Waals surface area contributed by atoms with E-state index in [2.05, 4.69) is 20.8 Å². The predicted molar refractivity (Wildman–Crippen MR) is 159 cm³/mol. The molecule has 6 rings (SSSR count). The number of pyridine rings is 1. The number of rotatable bonds is 3. The van der Waals surface area contributed by atoms with Crippen LogP contribution in [0.5, 0.6) is 0 Å². The number of Topliss-reactive ketones (excluding diaryl/α,β-unsaturated/α-hetero) is 1. The minimum Gasteiger partial charge on any atom is -0.505 e. The Morgan fingerprint density at radius 1 is 0.975 bits per heavy atom. The van der Waals surface area contributed by atoms with Crippen molar-refractivity contribution in [1.29, 1.82) is 0 Å². The second kappa shape index (κ2) is 9.13. The molecule has 2 aromatic carbocycles. The van der Waals surface area contributed by atoms with E-state index < -0.39 is 17.7 Å². The van der Waals surface area contributed by atoms with Gasteiger partial charge in [0, 0.05) is 6.20 Å². The molecule has 0 bridgehead atoms. The maximum Gasteiger partial charge on any atom is 0.301 e. The van der Waals surface area contributed by atoms with Crippen LogP contribution in [0.2, 0.25) is 0 Å². The number of carbonyl (C=O) groups is 2. The Hall–Kier alpha value is -4.30.